The van der Waals surface area contributed by atoms with Crippen molar-refractivity contribution >= 4 is 45.5 Å². The molecule has 3 aliphatic rings. The predicted octanol–water partition coefficient (Wildman–Crippen LogP) is 7.53. The molecule has 7 nitrogen and oxygen atoms in total. The van der Waals surface area contributed by atoms with Gasteiger partial charge in [-0.3, -0.25) is 19.2 Å². The number of nitrogens with one attached hydrogen (secondary N) is 2. The van der Waals surface area contributed by atoms with E-state index in [1.54, 1.807) is 30.3 Å². The molecule has 0 aromatic heterocycles. The largest absolute Gasteiger partial charge is 0.349 e. The van der Waals surface area contributed by atoms with Crippen molar-refractivity contribution in [1.82, 2.24) is 10.6 Å². The molecule has 3 saturated carbocycles. The third-order valence-corrected chi connectivity index (χ3v) is 8.67. The number of benzene rings is 2. The van der Waals surface area contributed by atoms with Crippen molar-refractivity contribution < 1.29 is 19.2 Å². The molecule has 0 saturated heterocycles. The summed E-state index contributed by atoms with van der Waals surface area (Å²) in [5, 5.41) is 5.02. The molecule has 0 aliphatic heterocycles. The highest BCUT2D eigenvalue weighted by molar-refractivity contribution is 6.69. The van der Waals surface area contributed by atoms with Crippen LogP contribution in [0.5, 0.6) is 0 Å². The predicted molar refractivity (Wildman–Crippen MR) is 173 cm³/mol. The zero-order chi connectivity index (χ0) is 31.0. The SMILES string of the molecule is NC1CCCCC1.O=C(Cl)c1cccc(C(=O)Cl)c1.O=C(NC1CCCCC1)c1cccc(C(=O)NC2CCCCC2)c1. The van der Waals surface area contributed by atoms with E-state index >= 15 is 0 Å². The molecule has 0 radical (unpaired) electrons. The summed E-state index contributed by atoms with van der Waals surface area (Å²) >= 11 is 10.4. The van der Waals surface area contributed by atoms with E-state index in [4.69, 9.17) is 28.9 Å². The number of rotatable bonds is 6. The van der Waals surface area contributed by atoms with Crippen LogP contribution >= 0.6 is 23.2 Å². The minimum atomic E-state index is -0.602. The second kappa shape index (κ2) is 18.8. The molecule has 0 heterocycles. The van der Waals surface area contributed by atoms with Gasteiger partial charge in [0.25, 0.3) is 22.3 Å². The highest BCUT2D eigenvalue weighted by Crippen LogP contribution is 2.20. The first-order chi connectivity index (χ1) is 20.7. The van der Waals surface area contributed by atoms with Crippen LogP contribution in [0.25, 0.3) is 0 Å². The van der Waals surface area contributed by atoms with Crippen LogP contribution in [0.15, 0.2) is 48.5 Å². The van der Waals surface area contributed by atoms with Gasteiger partial charge in [0.2, 0.25) is 0 Å². The molecule has 0 spiro atoms. The molecule has 4 N–H and O–H groups in total. The van der Waals surface area contributed by atoms with Crippen molar-refractivity contribution in [1.29, 1.82) is 0 Å². The lowest BCUT2D eigenvalue weighted by atomic mass is 9.95. The van der Waals surface area contributed by atoms with Gasteiger partial charge >= 0.3 is 0 Å². The number of carbonyl (C=O) groups is 4. The zero-order valence-electron chi connectivity index (χ0n) is 24.9. The van der Waals surface area contributed by atoms with Crippen LogP contribution in [-0.2, 0) is 0 Å². The lowest BCUT2D eigenvalue weighted by molar-refractivity contribution is 0.0927. The van der Waals surface area contributed by atoms with E-state index in [1.807, 2.05) is 0 Å². The van der Waals surface area contributed by atoms with Crippen LogP contribution < -0.4 is 16.4 Å². The summed E-state index contributed by atoms with van der Waals surface area (Å²) in [5.41, 5.74) is 7.33. The molecule has 234 valence electrons. The smallest absolute Gasteiger partial charge is 0.252 e. The molecule has 2 aromatic carbocycles. The van der Waals surface area contributed by atoms with Crippen molar-refractivity contribution in [3.05, 3.63) is 70.8 Å². The minimum absolute atomic E-state index is 0.0609. The Balaban J connectivity index is 0.000000219. The van der Waals surface area contributed by atoms with Gasteiger partial charge < -0.3 is 16.4 Å². The Hall–Kier alpha value is -2.74. The lowest BCUT2D eigenvalue weighted by Gasteiger charge is -2.23. The van der Waals surface area contributed by atoms with Crippen molar-refractivity contribution in [2.24, 2.45) is 5.73 Å². The third-order valence-electron chi connectivity index (χ3n) is 8.23. The molecule has 2 aromatic rings. The number of hydrogen-bond donors (Lipinski definition) is 3. The number of halogens is 2. The Labute approximate surface area is 265 Å². The highest BCUT2D eigenvalue weighted by Gasteiger charge is 2.19. The average molecular weight is 631 g/mol. The highest BCUT2D eigenvalue weighted by atomic mass is 35.5. The van der Waals surface area contributed by atoms with E-state index in [-0.39, 0.29) is 35.0 Å². The normalized spacial score (nSPS) is 17.7. The first-order valence-corrected chi connectivity index (χ1v) is 16.5. The van der Waals surface area contributed by atoms with Gasteiger partial charge in [0, 0.05) is 40.4 Å². The maximum Gasteiger partial charge on any atom is 0.252 e. The van der Waals surface area contributed by atoms with E-state index in [0.717, 1.165) is 25.7 Å². The van der Waals surface area contributed by atoms with Gasteiger partial charge in [0.15, 0.2) is 0 Å². The fraction of sp³-hybridized carbons (Fsp3) is 0.529. The van der Waals surface area contributed by atoms with Gasteiger partial charge in [-0.2, -0.15) is 0 Å². The van der Waals surface area contributed by atoms with E-state index in [9.17, 15) is 19.2 Å². The van der Waals surface area contributed by atoms with E-state index < -0.39 is 10.5 Å². The molecule has 43 heavy (non-hydrogen) atoms. The second-order valence-corrected chi connectivity index (χ2v) is 12.4. The summed E-state index contributed by atoms with van der Waals surface area (Å²) < 4.78 is 0. The van der Waals surface area contributed by atoms with Crippen LogP contribution in [0, 0.1) is 0 Å². The van der Waals surface area contributed by atoms with Gasteiger partial charge in [0.1, 0.15) is 0 Å². The second-order valence-electron chi connectivity index (χ2n) is 11.7. The lowest BCUT2D eigenvalue weighted by Crippen LogP contribution is -2.37. The van der Waals surface area contributed by atoms with Crippen LogP contribution in [0.2, 0.25) is 0 Å². The molecule has 0 atom stereocenters. The molecule has 3 fully saturated rings. The monoisotopic (exact) mass is 629 g/mol. The van der Waals surface area contributed by atoms with Crippen LogP contribution in [-0.4, -0.2) is 40.4 Å². The first kappa shape index (κ1) is 34.7. The zero-order valence-corrected chi connectivity index (χ0v) is 26.4. The summed E-state index contributed by atoms with van der Waals surface area (Å²) in [5.74, 6) is -0.122. The summed E-state index contributed by atoms with van der Waals surface area (Å²) in [6.07, 6.45) is 18.2. The molecule has 9 heteroatoms. The Kier molecular flexibility index (Phi) is 15.2. The van der Waals surface area contributed by atoms with E-state index in [0.29, 0.717) is 17.2 Å². The number of carbonyl (C=O) groups excluding carboxylic acids is 4. The van der Waals surface area contributed by atoms with Crippen molar-refractivity contribution in [3.63, 3.8) is 0 Å². The maximum atomic E-state index is 12.4. The minimum Gasteiger partial charge on any atom is -0.349 e. The van der Waals surface area contributed by atoms with Crippen LogP contribution in [0.4, 0.5) is 0 Å². The standard InChI is InChI=1S/C20H28N2O2.C8H4Cl2O2.C6H13N/c23-19(21-17-10-3-1-4-11-17)15-8-7-9-16(14-15)20(24)22-18-12-5-2-6-13-18;9-7(11)5-2-1-3-6(4-5)8(10)12;7-6-4-2-1-3-5-6/h7-9,14,17-18H,1-6,10-13H2,(H,21,23)(H,22,24);1-4H;6H,1-5,7H2. The van der Waals surface area contributed by atoms with Crippen molar-refractivity contribution in [2.75, 3.05) is 0 Å². The fourth-order valence-corrected chi connectivity index (χ4v) is 5.97. The molecule has 0 unspecified atom stereocenters. The average Bonchev–Trinajstić information content (AvgIpc) is 3.03. The Morgan fingerprint density at radius 3 is 1.19 bits per heavy atom. The number of hydrogen-bond acceptors (Lipinski definition) is 5. The molecule has 5 rings (SSSR count). The van der Waals surface area contributed by atoms with Gasteiger partial charge in [-0.15, -0.1) is 0 Å². The molecule has 3 aliphatic carbocycles. The van der Waals surface area contributed by atoms with Gasteiger partial charge in [-0.25, -0.2) is 0 Å². The maximum absolute atomic E-state index is 12.4. The summed E-state index contributed by atoms with van der Waals surface area (Å²) in [6.45, 7) is 0. The third kappa shape index (κ3) is 12.8. The molecular formula is C34H45Cl2N3O4. The number of amides is 2. The molecule has 2 amide bonds. The van der Waals surface area contributed by atoms with Gasteiger partial charge in [0.05, 0.1) is 0 Å². The van der Waals surface area contributed by atoms with Crippen molar-refractivity contribution in [2.45, 2.75) is 114 Å². The van der Waals surface area contributed by atoms with Gasteiger partial charge in [-0.1, -0.05) is 82.1 Å². The van der Waals surface area contributed by atoms with Crippen molar-refractivity contribution in [3.8, 4) is 0 Å². The Morgan fingerprint density at radius 1 is 0.535 bits per heavy atom. The fourth-order valence-electron chi connectivity index (χ4n) is 5.73. The summed E-state index contributed by atoms with van der Waals surface area (Å²) in [6, 6.07) is 14.1. The number of nitrogens with two attached hydrogens (primary N) is 1. The summed E-state index contributed by atoms with van der Waals surface area (Å²) in [4.78, 5) is 46.1. The Bertz CT molecular complexity index is 1130. The Morgan fingerprint density at radius 2 is 0.860 bits per heavy atom. The van der Waals surface area contributed by atoms with Crippen LogP contribution in [0.3, 0.4) is 0 Å². The first-order valence-electron chi connectivity index (χ1n) is 15.7. The molecular weight excluding hydrogens is 585 g/mol. The topological polar surface area (TPSA) is 118 Å². The van der Waals surface area contributed by atoms with E-state index in [1.165, 1.54) is 88.8 Å². The van der Waals surface area contributed by atoms with Crippen LogP contribution in [0.1, 0.15) is 138 Å². The van der Waals surface area contributed by atoms with E-state index in [2.05, 4.69) is 10.6 Å². The quantitative estimate of drug-likeness (QED) is 0.285. The molecule has 0 bridgehead atoms. The summed E-state index contributed by atoms with van der Waals surface area (Å²) in [7, 11) is 0. The van der Waals surface area contributed by atoms with Gasteiger partial charge in [-0.05, 0) is 86.0 Å².